The van der Waals surface area contributed by atoms with E-state index in [0.717, 1.165) is 42.4 Å². The minimum absolute atomic E-state index is 0.0291. The van der Waals surface area contributed by atoms with Crippen LogP contribution in [0, 0.1) is 5.92 Å². The van der Waals surface area contributed by atoms with Crippen molar-refractivity contribution in [1.82, 2.24) is 16.0 Å². The molecule has 0 radical (unpaired) electrons. The van der Waals surface area contributed by atoms with Gasteiger partial charge < -0.3 is 40.4 Å². The average molecular weight is 820 g/mol. The highest BCUT2D eigenvalue weighted by Crippen LogP contribution is 2.31. The third-order valence-corrected chi connectivity index (χ3v) is 10.5. The number of rotatable bonds is 33. The number of fused-ring (bicyclic) bond motifs is 1. The number of aliphatic hydroxyl groups is 1. The molecule has 0 aliphatic rings. The molecule has 0 fully saturated rings. The van der Waals surface area contributed by atoms with Gasteiger partial charge in [0.25, 0.3) is 18.1 Å². The Kier molecular flexibility index (Phi) is 24.4. The SMILES string of the molecule is CCCCCCCCCCCCCCCCCCC(CC(=O)NCCNC(=O)c1ccc2ccccc2c1OC(O)C(=O)NCCOCc1ccc(OC)cc1)C(=O)O. The second-order valence-corrected chi connectivity index (χ2v) is 15.3. The summed E-state index contributed by atoms with van der Waals surface area (Å²) in [6.45, 7) is 3.05. The Morgan fingerprint density at radius 3 is 1.88 bits per heavy atom. The molecule has 12 heteroatoms. The highest BCUT2D eigenvalue weighted by atomic mass is 16.6. The van der Waals surface area contributed by atoms with E-state index in [9.17, 15) is 29.4 Å². The molecule has 3 rings (SSSR count). The Morgan fingerprint density at radius 2 is 1.27 bits per heavy atom. The highest BCUT2D eigenvalue weighted by Gasteiger charge is 2.23. The normalized spacial score (nSPS) is 12.1. The second kappa shape index (κ2) is 29.5. The van der Waals surface area contributed by atoms with Crippen LogP contribution < -0.4 is 25.4 Å². The smallest absolute Gasteiger partial charge is 0.307 e. The first kappa shape index (κ1) is 48.7. The van der Waals surface area contributed by atoms with Crippen LogP contribution in [-0.4, -0.2) is 73.5 Å². The van der Waals surface area contributed by atoms with Crippen LogP contribution in [0.15, 0.2) is 60.7 Å². The van der Waals surface area contributed by atoms with Gasteiger partial charge >= 0.3 is 5.97 Å². The lowest BCUT2D eigenvalue weighted by Crippen LogP contribution is -2.40. The third kappa shape index (κ3) is 19.8. The van der Waals surface area contributed by atoms with Crippen LogP contribution >= 0.6 is 0 Å². The van der Waals surface area contributed by atoms with Crippen molar-refractivity contribution in [2.24, 2.45) is 5.92 Å². The fourth-order valence-electron chi connectivity index (χ4n) is 6.98. The number of nitrogens with one attached hydrogen (secondary N) is 3. The topological polar surface area (TPSA) is 173 Å². The number of unbranched alkanes of at least 4 members (excludes halogenated alkanes) is 15. The van der Waals surface area contributed by atoms with Gasteiger partial charge in [-0.05, 0) is 35.6 Å². The zero-order chi connectivity index (χ0) is 42.5. The van der Waals surface area contributed by atoms with E-state index in [1.54, 1.807) is 31.4 Å². The minimum atomic E-state index is -1.91. The number of methoxy groups -OCH3 is 1. The third-order valence-electron chi connectivity index (χ3n) is 10.5. The number of carbonyl (C=O) groups is 4. The van der Waals surface area contributed by atoms with E-state index < -0.39 is 35.9 Å². The lowest BCUT2D eigenvalue weighted by atomic mass is 9.96. The molecule has 3 amide bonds. The number of aliphatic hydroxyl groups excluding tert-OH is 1. The predicted octanol–water partition coefficient (Wildman–Crippen LogP) is 8.47. The summed E-state index contributed by atoms with van der Waals surface area (Å²) in [5, 5.41) is 29.7. The van der Waals surface area contributed by atoms with Crippen LogP contribution in [0.2, 0.25) is 0 Å². The average Bonchev–Trinajstić information content (AvgIpc) is 3.24. The molecule has 0 spiro atoms. The van der Waals surface area contributed by atoms with Gasteiger partial charge in [0.1, 0.15) is 11.5 Å². The van der Waals surface area contributed by atoms with E-state index in [2.05, 4.69) is 22.9 Å². The molecule has 0 aromatic heterocycles. The van der Waals surface area contributed by atoms with Crippen molar-refractivity contribution in [2.75, 3.05) is 33.4 Å². The Morgan fingerprint density at radius 1 is 0.678 bits per heavy atom. The molecule has 0 saturated carbocycles. The number of hydrogen-bond donors (Lipinski definition) is 5. The molecule has 5 N–H and O–H groups in total. The molecule has 59 heavy (non-hydrogen) atoms. The van der Waals surface area contributed by atoms with Gasteiger partial charge in [-0.25, -0.2) is 0 Å². The first-order chi connectivity index (χ1) is 28.7. The molecule has 12 nitrogen and oxygen atoms in total. The van der Waals surface area contributed by atoms with Crippen LogP contribution in [0.1, 0.15) is 138 Å². The lowest BCUT2D eigenvalue weighted by Gasteiger charge is -2.18. The van der Waals surface area contributed by atoms with E-state index in [1.807, 2.05) is 36.4 Å². The summed E-state index contributed by atoms with van der Waals surface area (Å²) in [5.41, 5.74) is 1.03. The zero-order valence-electron chi connectivity index (χ0n) is 35.4. The van der Waals surface area contributed by atoms with Crippen molar-refractivity contribution in [3.8, 4) is 11.5 Å². The van der Waals surface area contributed by atoms with Crippen LogP contribution in [0.25, 0.3) is 10.8 Å². The molecule has 0 bridgehead atoms. The van der Waals surface area contributed by atoms with Crippen LogP contribution in [0.4, 0.5) is 0 Å². The molecule has 0 aliphatic heterocycles. The monoisotopic (exact) mass is 820 g/mol. The van der Waals surface area contributed by atoms with Gasteiger partial charge in [-0.1, -0.05) is 152 Å². The minimum Gasteiger partial charge on any atom is -0.497 e. The van der Waals surface area contributed by atoms with Gasteiger partial charge in [-0.15, -0.1) is 0 Å². The molecule has 2 atom stereocenters. The number of ether oxygens (including phenoxy) is 3. The van der Waals surface area contributed by atoms with Crippen molar-refractivity contribution >= 4 is 34.5 Å². The Balaban J connectivity index is 1.33. The van der Waals surface area contributed by atoms with E-state index in [-0.39, 0.29) is 44.0 Å². The molecular formula is C47H69N3O9. The van der Waals surface area contributed by atoms with Gasteiger partial charge in [0.05, 0.1) is 31.8 Å². The fourth-order valence-corrected chi connectivity index (χ4v) is 6.98. The van der Waals surface area contributed by atoms with Crippen LogP contribution in [0.3, 0.4) is 0 Å². The maximum atomic E-state index is 13.3. The van der Waals surface area contributed by atoms with Gasteiger partial charge in [0.2, 0.25) is 5.91 Å². The van der Waals surface area contributed by atoms with Crippen molar-refractivity contribution in [3.05, 3.63) is 71.8 Å². The number of carboxylic acids is 1. The summed E-state index contributed by atoms with van der Waals surface area (Å²) in [6.07, 6.45) is 18.4. The molecule has 3 aromatic rings. The maximum Gasteiger partial charge on any atom is 0.307 e. The first-order valence-electron chi connectivity index (χ1n) is 21.9. The molecule has 2 unspecified atom stereocenters. The van der Waals surface area contributed by atoms with Crippen molar-refractivity contribution < 1.29 is 43.6 Å². The van der Waals surface area contributed by atoms with Gasteiger partial charge in [-0.2, -0.15) is 0 Å². The predicted molar refractivity (Wildman–Crippen MR) is 231 cm³/mol. The fraction of sp³-hybridized carbons (Fsp3) is 0.574. The van der Waals surface area contributed by atoms with Gasteiger partial charge in [0, 0.05) is 31.4 Å². The van der Waals surface area contributed by atoms with E-state index >= 15 is 0 Å². The van der Waals surface area contributed by atoms with Crippen molar-refractivity contribution in [2.45, 2.75) is 135 Å². The van der Waals surface area contributed by atoms with Crippen molar-refractivity contribution in [3.63, 3.8) is 0 Å². The first-order valence-corrected chi connectivity index (χ1v) is 21.9. The largest absolute Gasteiger partial charge is 0.497 e. The van der Waals surface area contributed by atoms with E-state index in [1.165, 1.54) is 77.0 Å². The molecule has 0 heterocycles. The number of carbonyl (C=O) groups excluding carboxylic acids is 3. The number of aliphatic carboxylic acids is 1. The molecule has 0 saturated heterocycles. The second-order valence-electron chi connectivity index (χ2n) is 15.3. The molecule has 3 aromatic carbocycles. The summed E-state index contributed by atoms with van der Waals surface area (Å²) in [7, 11) is 1.59. The Hall–Kier alpha value is -4.68. The number of carboxylic acid groups (broad SMARTS) is 1. The molecular weight excluding hydrogens is 751 g/mol. The zero-order valence-corrected chi connectivity index (χ0v) is 35.4. The van der Waals surface area contributed by atoms with Crippen molar-refractivity contribution in [1.29, 1.82) is 0 Å². The quantitative estimate of drug-likeness (QED) is 0.0299. The van der Waals surface area contributed by atoms with Gasteiger partial charge in [0.15, 0.2) is 0 Å². The van der Waals surface area contributed by atoms with Gasteiger partial charge in [-0.3, -0.25) is 19.2 Å². The van der Waals surface area contributed by atoms with E-state index in [0.29, 0.717) is 18.4 Å². The van der Waals surface area contributed by atoms with Crippen LogP contribution in [-0.2, 0) is 25.7 Å². The van der Waals surface area contributed by atoms with E-state index in [4.69, 9.17) is 14.2 Å². The highest BCUT2D eigenvalue weighted by molar-refractivity contribution is 6.04. The number of benzene rings is 3. The summed E-state index contributed by atoms with van der Waals surface area (Å²) in [4.78, 5) is 50.6. The molecule has 0 aliphatic carbocycles. The lowest BCUT2D eigenvalue weighted by molar-refractivity contribution is -0.144. The summed E-state index contributed by atoms with van der Waals surface area (Å²) in [5.74, 6) is -2.69. The maximum absolute atomic E-state index is 13.3. The molecule has 326 valence electrons. The summed E-state index contributed by atoms with van der Waals surface area (Å²) in [6, 6.07) is 17.8. The number of hydrogen-bond acceptors (Lipinski definition) is 8. The van der Waals surface area contributed by atoms with Crippen LogP contribution in [0.5, 0.6) is 11.5 Å². The summed E-state index contributed by atoms with van der Waals surface area (Å²) >= 11 is 0. The summed E-state index contributed by atoms with van der Waals surface area (Å²) < 4.78 is 16.5. The standard InChI is InChI=1S/C47H69N3O9/c1-3-4-5-6-7-8-9-10-11-12-13-14-15-16-17-18-22-38(46(54)55)34-42(51)48-30-31-49-44(52)41-29-26-37-21-19-20-23-40(37)43(41)59-47(56)45(53)50-32-33-58-35-36-24-27-39(57-2)28-25-36/h19-21,23-29,38,47,56H,3-18,22,30-35H2,1-2H3,(H,48,51)(H,49,52)(H,50,53)(H,54,55). The Labute approximate surface area is 351 Å². The number of amides is 3. The Bertz CT molecular complexity index is 1670.